The molecule has 162 valence electrons. The molecule has 2 aromatic rings. The lowest BCUT2D eigenvalue weighted by Crippen LogP contribution is -2.45. The van der Waals surface area contributed by atoms with Crippen LogP contribution in [0.3, 0.4) is 0 Å². The molecule has 0 unspecified atom stereocenters. The van der Waals surface area contributed by atoms with Crippen molar-refractivity contribution in [1.82, 2.24) is 0 Å². The van der Waals surface area contributed by atoms with E-state index in [-0.39, 0.29) is 18.8 Å². The first-order valence-electron chi connectivity index (χ1n) is 10.3. The Morgan fingerprint density at radius 3 is 2.35 bits per heavy atom. The molecule has 0 bridgehead atoms. The summed E-state index contributed by atoms with van der Waals surface area (Å²) in [6, 6.07) is 14.8. The molecule has 0 N–H and O–H groups in total. The topological polar surface area (TPSA) is 79.6 Å². The Bertz CT molecular complexity index is 947. The number of nitrogens with zero attached hydrogens (tertiary/aromatic N) is 2. The van der Waals surface area contributed by atoms with E-state index >= 15 is 0 Å². The quantitative estimate of drug-likeness (QED) is 0.566. The van der Waals surface area contributed by atoms with Crippen LogP contribution in [0, 0.1) is 17.1 Å². The molecule has 0 atom stereocenters. The van der Waals surface area contributed by atoms with Gasteiger partial charge in [-0.1, -0.05) is 18.6 Å². The fourth-order valence-electron chi connectivity index (χ4n) is 3.70. The largest absolute Gasteiger partial charge is 0.494 e. The summed E-state index contributed by atoms with van der Waals surface area (Å²) in [5.74, 6) is -0.589. The number of nitriles is 1. The Labute approximate surface area is 181 Å². The molecule has 0 aromatic heterocycles. The number of amides is 1. The van der Waals surface area contributed by atoms with Gasteiger partial charge in [-0.15, -0.1) is 0 Å². The average Bonchev–Trinajstić information content (AvgIpc) is 2.74. The first kappa shape index (κ1) is 22.3. The molecule has 0 saturated heterocycles. The lowest BCUT2D eigenvalue weighted by atomic mass is 9.64. The zero-order valence-electron chi connectivity index (χ0n) is 17.5. The molecule has 1 fully saturated rings. The molecule has 0 spiro atoms. The first-order valence-corrected chi connectivity index (χ1v) is 10.3. The summed E-state index contributed by atoms with van der Waals surface area (Å²) >= 11 is 0. The number of hydrogen-bond acceptors (Lipinski definition) is 5. The first-order chi connectivity index (χ1) is 15.0. The smallest absolute Gasteiger partial charge is 0.317 e. The predicted octanol–water partition coefficient (Wildman–Crippen LogP) is 4.14. The Balaban J connectivity index is 1.69. The summed E-state index contributed by atoms with van der Waals surface area (Å²) in [6.45, 7) is 2.17. The minimum Gasteiger partial charge on any atom is -0.494 e. The minimum absolute atomic E-state index is 0.145. The second kappa shape index (κ2) is 10.1. The highest BCUT2D eigenvalue weighted by Gasteiger charge is 2.47. The molecule has 0 aliphatic heterocycles. The second-order valence-electron chi connectivity index (χ2n) is 7.40. The van der Waals surface area contributed by atoms with Gasteiger partial charge in [-0.2, -0.15) is 5.26 Å². The van der Waals surface area contributed by atoms with Crippen molar-refractivity contribution in [3.8, 4) is 11.8 Å². The van der Waals surface area contributed by atoms with Gasteiger partial charge in [0.15, 0.2) is 6.61 Å². The molecule has 0 heterocycles. The molecule has 0 radical (unpaired) electrons. The van der Waals surface area contributed by atoms with Crippen LogP contribution in [0.25, 0.3) is 0 Å². The summed E-state index contributed by atoms with van der Waals surface area (Å²) < 4.78 is 24.1. The van der Waals surface area contributed by atoms with Gasteiger partial charge in [0, 0.05) is 12.2 Å². The zero-order valence-corrected chi connectivity index (χ0v) is 17.5. The van der Waals surface area contributed by atoms with Gasteiger partial charge in [0.25, 0.3) is 5.91 Å². The maximum Gasteiger partial charge on any atom is 0.317 e. The molecular weight excluding hydrogens is 399 g/mol. The van der Waals surface area contributed by atoms with Crippen LogP contribution in [0.15, 0.2) is 48.5 Å². The van der Waals surface area contributed by atoms with Crippen molar-refractivity contribution in [2.75, 3.05) is 24.7 Å². The molecule has 3 rings (SSSR count). The molecule has 31 heavy (non-hydrogen) atoms. The van der Waals surface area contributed by atoms with Crippen molar-refractivity contribution >= 4 is 17.6 Å². The van der Waals surface area contributed by atoms with E-state index in [4.69, 9.17) is 14.7 Å². The molecule has 1 amide bonds. The molecule has 1 aliphatic rings. The number of halogens is 1. The Hall–Kier alpha value is -3.40. The number of hydrogen-bond donors (Lipinski definition) is 0. The highest BCUT2D eigenvalue weighted by Crippen LogP contribution is 2.44. The van der Waals surface area contributed by atoms with Crippen molar-refractivity contribution in [3.05, 3.63) is 59.9 Å². The molecule has 6 nitrogen and oxygen atoms in total. The summed E-state index contributed by atoms with van der Waals surface area (Å²) in [7, 11) is 0. The lowest BCUT2D eigenvalue weighted by Gasteiger charge is -2.39. The fourth-order valence-corrected chi connectivity index (χ4v) is 3.70. The highest BCUT2D eigenvalue weighted by molar-refractivity contribution is 5.96. The molecule has 2 aromatic carbocycles. The van der Waals surface area contributed by atoms with E-state index in [2.05, 4.69) is 0 Å². The van der Waals surface area contributed by atoms with Crippen LogP contribution in [-0.2, 0) is 19.7 Å². The van der Waals surface area contributed by atoms with Crippen molar-refractivity contribution in [2.24, 2.45) is 0 Å². The van der Waals surface area contributed by atoms with E-state index in [1.165, 1.54) is 17.0 Å². The van der Waals surface area contributed by atoms with Crippen molar-refractivity contribution in [3.63, 3.8) is 0 Å². The van der Waals surface area contributed by atoms with Gasteiger partial charge < -0.3 is 14.4 Å². The van der Waals surface area contributed by atoms with Gasteiger partial charge in [0.1, 0.15) is 11.6 Å². The predicted molar refractivity (Wildman–Crippen MR) is 113 cm³/mol. The van der Waals surface area contributed by atoms with Gasteiger partial charge in [-0.3, -0.25) is 9.59 Å². The number of carbonyl (C=O) groups is 2. The van der Waals surface area contributed by atoms with Crippen LogP contribution in [0.1, 0.15) is 38.2 Å². The minimum atomic E-state index is -0.829. The maximum atomic E-state index is 13.3. The summed E-state index contributed by atoms with van der Waals surface area (Å²) in [5, 5.41) is 8.95. The van der Waals surface area contributed by atoms with E-state index in [1.807, 2.05) is 13.0 Å². The normalized spacial score (nSPS) is 14.1. The number of ether oxygens (including phenoxy) is 2. The van der Waals surface area contributed by atoms with Crippen LogP contribution >= 0.6 is 0 Å². The van der Waals surface area contributed by atoms with Gasteiger partial charge in [-0.25, -0.2) is 4.39 Å². The van der Waals surface area contributed by atoms with Crippen molar-refractivity contribution in [2.45, 2.75) is 38.0 Å². The Kier molecular flexibility index (Phi) is 7.24. The van der Waals surface area contributed by atoms with Gasteiger partial charge in [-0.05, 0) is 61.7 Å². The van der Waals surface area contributed by atoms with Gasteiger partial charge >= 0.3 is 5.97 Å². The van der Waals surface area contributed by atoms with E-state index in [1.54, 1.807) is 36.4 Å². The number of esters is 1. The zero-order chi connectivity index (χ0) is 22.3. The SMILES string of the molecule is CCOc1ccc(N(CCC#N)C(=O)COC(=O)C2(c3ccc(F)cc3)CCC2)cc1. The van der Waals surface area contributed by atoms with E-state index in [9.17, 15) is 14.0 Å². The number of carbonyl (C=O) groups excluding carboxylic acids is 2. The Morgan fingerprint density at radius 2 is 1.81 bits per heavy atom. The Morgan fingerprint density at radius 1 is 1.13 bits per heavy atom. The van der Waals surface area contributed by atoms with E-state index in [0.29, 0.717) is 36.4 Å². The van der Waals surface area contributed by atoms with Gasteiger partial charge in [0.05, 0.1) is 24.5 Å². The van der Waals surface area contributed by atoms with Crippen LogP contribution < -0.4 is 9.64 Å². The monoisotopic (exact) mass is 424 g/mol. The van der Waals surface area contributed by atoms with Crippen LogP contribution in [0.5, 0.6) is 5.75 Å². The molecule has 1 aliphatic carbocycles. The standard InChI is InChI=1S/C24H25FN2O4/c1-2-30-21-11-9-20(10-12-21)27(16-4-15-26)22(28)17-31-23(29)24(13-3-14-24)18-5-7-19(25)8-6-18/h5-12H,2-4,13-14,16-17H2,1H3. The van der Waals surface area contributed by atoms with E-state index in [0.717, 1.165) is 6.42 Å². The summed E-state index contributed by atoms with van der Waals surface area (Å²) in [5.41, 5.74) is 0.465. The fraction of sp³-hybridized carbons (Fsp3) is 0.375. The summed E-state index contributed by atoms with van der Waals surface area (Å²) in [4.78, 5) is 27.1. The highest BCUT2D eigenvalue weighted by atomic mass is 19.1. The molecule has 1 saturated carbocycles. The van der Waals surface area contributed by atoms with Crippen molar-refractivity contribution < 1.29 is 23.5 Å². The number of anilines is 1. The third-order valence-electron chi connectivity index (χ3n) is 5.53. The number of rotatable bonds is 9. The molecule has 7 heteroatoms. The lowest BCUT2D eigenvalue weighted by molar-refractivity contribution is -0.157. The second-order valence-corrected chi connectivity index (χ2v) is 7.40. The maximum absolute atomic E-state index is 13.3. The van der Waals surface area contributed by atoms with Crippen LogP contribution in [0.4, 0.5) is 10.1 Å². The molecular formula is C24H25FN2O4. The number of benzene rings is 2. The van der Waals surface area contributed by atoms with E-state index < -0.39 is 23.9 Å². The van der Waals surface area contributed by atoms with Crippen LogP contribution in [-0.4, -0.2) is 31.6 Å². The average molecular weight is 424 g/mol. The van der Waals surface area contributed by atoms with Crippen molar-refractivity contribution in [1.29, 1.82) is 5.26 Å². The van der Waals surface area contributed by atoms with Gasteiger partial charge in [0.2, 0.25) is 0 Å². The third-order valence-corrected chi connectivity index (χ3v) is 5.53. The summed E-state index contributed by atoms with van der Waals surface area (Å²) in [6.07, 6.45) is 2.21. The third kappa shape index (κ3) is 5.02. The van der Waals surface area contributed by atoms with Crippen LogP contribution in [0.2, 0.25) is 0 Å².